The summed E-state index contributed by atoms with van der Waals surface area (Å²) in [7, 11) is 0. The Morgan fingerprint density at radius 1 is 1.23 bits per heavy atom. The van der Waals surface area contributed by atoms with Crippen LogP contribution in [0.15, 0.2) is 0 Å². The molecule has 0 amide bonds. The number of hydrogen-bond acceptors (Lipinski definition) is 3. The molecule has 1 aromatic heterocycles. The summed E-state index contributed by atoms with van der Waals surface area (Å²) in [5.41, 5.74) is 2.34. The summed E-state index contributed by atoms with van der Waals surface area (Å²) >= 11 is 7.95. The van der Waals surface area contributed by atoms with Crippen LogP contribution in [0.3, 0.4) is 0 Å². The fraction of sp³-hybridized carbons (Fsp3) is 0.556. The van der Waals surface area contributed by atoms with Crippen LogP contribution in [-0.4, -0.2) is 9.97 Å². The Morgan fingerprint density at radius 3 is 2.85 bits per heavy atom. The third-order valence-electron chi connectivity index (χ3n) is 2.49. The number of thioether (sulfide) groups is 1. The van der Waals surface area contributed by atoms with E-state index in [1.165, 1.54) is 18.5 Å². The van der Waals surface area contributed by atoms with Gasteiger partial charge < -0.3 is 0 Å². The number of aromatic nitrogens is 2. The van der Waals surface area contributed by atoms with Gasteiger partial charge in [-0.1, -0.05) is 11.6 Å². The molecule has 4 heteroatoms. The number of halogens is 1. The molecular weight excluding hydrogens is 204 g/mol. The van der Waals surface area contributed by atoms with E-state index >= 15 is 0 Å². The van der Waals surface area contributed by atoms with Gasteiger partial charge in [0.1, 0.15) is 11.0 Å². The van der Waals surface area contributed by atoms with Gasteiger partial charge >= 0.3 is 0 Å². The Bertz CT molecular complexity index is 363. The first-order valence-corrected chi connectivity index (χ1v) is 6.01. The molecule has 2 nitrogen and oxygen atoms in total. The highest BCUT2D eigenvalue weighted by Crippen LogP contribution is 2.40. The molecule has 0 aromatic carbocycles. The third-order valence-corrected chi connectivity index (χ3v) is 3.77. The average Bonchev–Trinajstić information content (AvgIpc) is 2.85. The van der Waals surface area contributed by atoms with E-state index in [1.54, 1.807) is 0 Å². The molecule has 13 heavy (non-hydrogen) atoms. The van der Waals surface area contributed by atoms with Crippen LogP contribution in [0.2, 0.25) is 5.15 Å². The zero-order chi connectivity index (χ0) is 8.84. The van der Waals surface area contributed by atoms with E-state index in [0.717, 1.165) is 22.9 Å². The van der Waals surface area contributed by atoms with Crippen LogP contribution in [0.5, 0.6) is 0 Å². The Hall–Kier alpha value is -0.280. The summed E-state index contributed by atoms with van der Waals surface area (Å²) in [6.45, 7) is 0. The van der Waals surface area contributed by atoms with Crippen molar-refractivity contribution in [3.05, 3.63) is 22.2 Å². The highest BCUT2D eigenvalue weighted by atomic mass is 35.5. The van der Waals surface area contributed by atoms with Crippen LogP contribution in [0.25, 0.3) is 0 Å². The van der Waals surface area contributed by atoms with Gasteiger partial charge in [-0.3, -0.25) is 0 Å². The SMILES string of the molecule is Clc1nc(C2CC2)nc2c1CSC2. The van der Waals surface area contributed by atoms with E-state index in [9.17, 15) is 0 Å². The summed E-state index contributed by atoms with van der Waals surface area (Å²) in [6.07, 6.45) is 2.48. The first-order valence-electron chi connectivity index (χ1n) is 4.47. The normalized spacial score (nSPS) is 20.4. The quantitative estimate of drug-likeness (QED) is 0.670. The molecule has 1 aromatic rings. The summed E-state index contributed by atoms with van der Waals surface area (Å²) in [5, 5.41) is 0.692. The minimum absolute atomic E-state index is 0.605. The standard InChI is InChI=1S/C9H9ClN2S/c10-8-6-3-13-4-7(6)11-9(12-8)5-1-2-5/h5H,1-4H2. The fourth-order valence-corrected chi connectivity index (χ4v) is 2.94. The van der Waals surface area contributed by atoms with Gasteiger partial charge in [0.2, 0.25) is 0 Å². The molecule has 68 valence electrons. The first kappa shape index (κ1) is 8.06. The highest BCUT2D eigenvalue weighted by molar-refractivity contribution is 7.98. The molecule has 0 N–H and O–H groups in total. The average molecular weight is 213 g/mol. The molecule has 0 spiro atoms. The van der Waals surface area contributed by atoms with Gasteiger partial charge in [-0.2, -0.15) is 11.8 Å². The predicted octanol–water partition coefficient (Wildman–Crippen LogP) is 2.75. The van der Waals surface area contributed by atoms with Gasteiger partial charge in [0.15, 0.2) is 0 Å². The highest BCUT2D eigenvalue weighted by Gasteiger charge is 2.29. The van der Waals surface area contributed by atoms with Crippen molar-refractivity contribution in [2.24, 2.45) is 0 Å². The zero-order valence-corrected chi connectivity index (χ0v) is 8.66. The molecule has 0 unspecified atom stereocenters. The van der Waals surface area contributed by atoms with Crippen molar-refractivity contribution in [3.63, 3.8) is 0 Å². The lowest BCUT2D eigenvalue weighted by molar-refractivity contribution is 0.894. The van der Waals surface area contributed by atoms with Crippen LogP contribution in [-0.2, 0) is 11.5 Å². The molecule has 1 aliphatic carbocycles. The molecule has 1 fully saturated rings. The fourth-order valence-electron chi connectivity index (χ4n) is 1.55. The van der Waals surface area contributed by atoms with Gasteiger partial charge in [0.25, 0.3) is 0 Å². The van der Waals surface area contributed by atoms with E-state index < -0.39 is 0 Å². The summed E-state index contributed by atoms with van der Waals surface area (Å²) in [5.74, 6) is 3.58. The maximum absolute atomic E-state index is 6.08. The van der Waals surface area contributed by atoms with Crippen molar-refractivity contribution in [1.82, 2.24) is 9.97 Å². The zero-order valence-electron chi connectivity index (χ0n) is 7.09. The molecule has 2 heterocycles. The molecular formula is C9H9ClN2S. The van der Waals surface area contributed by atoms with Crippen molar-refractivity contribution in [2.45, 2.75) is 30.3 Å². The Labute approximate surface area is 86.1 Å². The van der Waals surface area contributed by atoms with Gasteiger partial charge in [-0.15, -0.1) is 0 Å². The maximum atomic E-state index is 6.08. The van der Waals surface area contributed by atoms with Crippen molar-refractivity contribution in [1.29, 1.82) is 0 Å². The van der Waals surface area contributed by atoms with Crippen LogP contribution < -0.4 is 0 Å². The lowest BCUT2D eigenvalue weighted by Gasteiger charge is -2.02. The Kier molecular flexibility index (Phi) is 1.77. The molecule has 1 saturated carbocycles. The van der Waals surface area contributed by atoms with Crippen LogP contribution >= 0.6 is 23.4 Å². The Morgan fingerprint density at radius 2 is 2.08 bits per heavy atom. The molecule has 2 aliphatic rings. The monoisotopic (exact) mass is 212 g/mol. The van der Waals surface area contributed by atoms with E-state index in [0.29, 0.717) is 11.1 Å². The molecule has 0 atom stereocenters. The molecule has 1 aliphatic heterocycles. The van der Waals surface area contributed by atoms with E-state index in [2.05, 4.69) is 9.97 Å². The second kappa shape index (κ2) is 2.85. The summed E-state index contributed by atoms with van der Waals surface area (Å²) < 4.78 is 0. The lowest BCUT2D eigenvalue weighted by atomic mass is 10.2. The van der Waals surface area contributed by atoms with Crippen molar-refractivity contribution in [3.8, 4) is 0 Å². The van der Waals surface area contributed by atoms with E-state index in [4.69, 9.17) is 11.6 Å². The maximum Gasteiger partial charge on any atom is 0.137 e. The van der Waals surface area contributed by atoms with Crippen LogP contribution in [0.4, 0.5) is 0 Å². The smallest absolute Gasteiger partial charge is 0.137 e. The van der Waals surface area contributed by atoms with Gasteiger partial charge in [-0.05, 0) is 12.8 Å². The number of rotatable bonds is 1. The van der Waals surface area contributed by atoms with E-state index in [1.807, 2.05) is 11.8 Å². The van der Waals surface area contributed by atoms with Crippen LogP contribution in [0, 0.1) is 0 Å². The van der Waals surface area contributed by atoms with Crippen molar-refractivity contribution >= 4 is 23.4 Å². The van der Waals surface area contributed by atoms with Crippen molar-refractivity contribution < 1.29 is 0 Å². The number of nitrogens with zero attached hydrogens (tertiary/aromatic N) is 2. The van der Waals surface area contributed by atoms with Gasteiger partial charge in [0.05, 0.1) is 5.69 Å². The second-order valence-electron chi connectivity index (χ2n) is 3.56. The Balaban J connectivity index is 2.10. The van der Waals surface area contributed by atoms with Gasteiger partial charge in [0, 0.05) is 23.0 Å². The summed E-state index contributed by atoms with van der Waals surface area (Å²) in [4.78, 5) is 8.91. The lowest BCUT2D eigenvalue weighted by Crippen LogP contribution is -1.99. The van der Waals surface area contributed by atoms with Crippen molar-refractivity contribution in [2.75, 3.05) is 0 Å². The summed E-state index contributed by atoms with van der Waals surface area (Å²) in [6, 6.07) is 0. The number of hydrogen-bond donors (Lipinski definition) is 0. The largest absolute Gasteiger partial charge is 0.236 e. The molecule has 0 bridgehead atoms. The second-order valence-corrected chi connectivity index (χ2v) is 4.91. The van der Waals surface area contributed by atoms with E-state index in [-0.39, 0.29) is 0 Å². The number of fused-ring (bicyclic) bond motifs is 1. The molecule has 3 rings (SSSR count). The third kappa shape index (κ3) is 1.34. The molecule has 0 saturated heterocycles. The minimum atomic E-state index is 0.605. The first-order chi connectivity index (χ1) is 6.34. The van der Waals surface area contributed by atoms with Gasteiger partial charge in [-0.25, -0.2) is 9.97 Å². The topological polar surface area (TPSA) is 25.8 Å². The minimum Gasteiger partial charge on any atom is -0.236 e. The van der Waals surface area contributed by atoms with Crippen LogP contribution in [0.1, 0.15) is 35.8 Å². The predicted molar refractivity (Wildman–Crippen MR) is 54.0 cm³/mol. The molecule has 0 radical (unpaired) electrons.